The Bertz CT molecular complexity index is 193. The molecule has 0 aromatic carbocycles. The molecule has 0 aromatic rings. The normalized spacial score (nSPS) is 58.6. The predicted octanol–water partition coefficient (Wildman–Crippen LogP) is 3.83. The Kier molecular flexibility index (Phi) is 1.75. The summed E-state index contributed by atoms with van der Waals surface area (Å²) in [5, 5.41) is 0. The van der Waals surface area contributed by atoms with Crippen LogP contribution in [0.4, 0.5) is 0 Å². The Morgan fingerprint density at radius 3 is 1.85 bits per heavy atom. The molecule has 1 heteroatoms. The van der Waals surface area contributed by atoms with E-state index in [2.05, 4.69) is 6.92 Å². The van der Waals surface area contributed by atoms with E-state index in [1.807, 2.05) is 0 Å². The van der Waals surface area contributed by atoms with Crippen LogP contribution in [0, 0.1) is 23.7 Å². The fourth-order valence-corrected chi connectivity index (χ4v) is 4.90. The zero-order valence-corrected chi connectivity index (χ0v) is 9.19. The van der Waals surface area contributed by atoms with Gasteiger partial charge in [-0.1, -0.05) is 6.92 Å². The molecule has 4 aliphatic carbocycles. The van der Waals surface area contributed by atoms with Crippen molar-refractivity contribution in [3.8, 4) is 0 Å². The molecular formula is C12H19Cl. The van der Waals surface area contributed by atoms with Crippen molar-refractivity contribution in [1.82, 2.24) is 0 Å². The number of alkyl halides is 1. The van der Waals surface area contributed by atoms with E-state index in [9.17, 15) is 0 Å². The van der Waals surface area contributed by atoms with E-state index in [-0.39, 0.29) is 4.87 Å². The molecular weight excluding hydrogens is 180 g/mol. The standard InChI is InChI=1S/C12H19Cl/c1-2-12(13)10-4-8-3-9(6-10)7-11(12)5-8/h8-11H,2-7H2,1H3. The van der Waals surface area contributed by atoms with Crippen LogP contribution in [0.5, 0.6) is 0 Å². The minimum Gasteiger partial charge on any atom is -0.119 e. The maximum absolute atomic E-state index is 6.81. The Hall–Kier alpha value is 0.290. The first-order valence-electron chi connectivity index (χ1n) is 5.91. The van der Waals surface area contributed by atoms with Crippen LogP contribution in [0.2, 0.25) is 0 Å². The molecule has 0 nitrogen and oxygen atoms in total. The van der Waals surface area contributed by atoms with E-state index < -0.39 is 0 Å². The molecule has 13 heavy (non-hydrogen) atoms. The third-order valence-electron chi connectivity index (χ3n) is 5.04. The van der Waals surface area contributed by atoms with Gasteiger partial charge in [-0.05, 0) is 62.2 Å². The monoisotopic (exact) mass is 198 g/mol. The van der Waals surface area contributed by atoms with Crippen molar-refractivity contribution >= 4 is 11.6 Å². The molecule has 4 fully saturated rings. The minimum atomic E-state index is 0.216. The molecule has 0 aromatic heterocycles. The van der Waals surface area contributed by atoms with E-state index >= 15 is 0 Å². The van der Waals surface area contributed by atoms with Crippen molar-refractivity contribution in [2.24, 2.45) is 23.7 Å². The highest BCUT2D eigenvalue weighted by atomic mass is 35.5. The lowest BCUT2D eigenvalue weighted by Crippen LogP contribution is -2.54. The number of halogens is 1. The van der Waals surface area contributed by atoms with Crippen LogP contribution < -0.4 is 0 Å². The Balaban J connectivity index is 1.93. The SMILES string of the molecule is CCC1(Cl)C2CC3CC(C2)CC1C3. The van der Waals surface area contributed by atoms with Crippen molar-refractivity contribution in [2.45, 2.75) is 50.3 Å². The van der Waals surface area contributed by atoms with Gasteiger partial charge in [-0.25, -0.2) is 0 Å². The van der Waals surface area contributed by atoms with Crippen LogP contribution in [0.1, 0.15) is 45.4 Å². The highest BCUT2D eigenvalue weighted by Crippen LogP contribution is 2.61. The molecule has 0 aliphatic heterocycles. The van der Waals surface area contributed by atoms with Gasteiger partial charge in [0, 0.05) is 0 Å². The summed E-state index contributed by atoms with van der Waals surface area (Å²) in [4.78, 5) is 0.216. The molecule has 0 radical (unpaired) electrons. The summed E-state index contributed by atoms with van der Waals surface area (Å²) in [7, 11) is 0. The smallest absolute Gasteiger partial charge is 0.0500 e. The molecule has 0 atom stereocenters. The molecule has 0 unspecified atom stereocenters. The summed E-state index contributed by atoms with van der Waals surface area (Å²) in [5.74, 6) is 3.85. The van der Waals surface area contributed by atoms with Crippen LogP contribution in [-0.4, -0.2) is 4.87 Å². The Labute approximate surface area is 86.0 Å². The third-order valence-corrected chi connectivity index (χ3v) is 5.92. The zero-order chi connectivity index (χ0) is 9.05. The second kappa shape index (κ2) is 2.66. The highest BCUT2D eigenvalue weighted by molar-refractivity contribution is 6.24. The second-order valence-electron chi connectivity index (χ2n) is 5.58. The topological polar surface area (TPSA) is 0 Å². The third kappa shape index (κ3) is 1.04. The molecule has 4 bridgehead atoms. The van der Waals surface area contributed by atoms with Gasteiger partial charge >= 0.3 is 0 Å². The number of hydrogen-bond donors (Lipinski definition) is 0. The van der Waals surface area contributed by atoms with Gasteiger partial charge in [0.15, 0.2) is 0 Å². The first kappa shape index (κ1) is 8.59. The maximum Gasteiger partial charge on any atom is 0.0500 e. The van der Waals surface area contributed by atoms with Gasteiger partial charge in [0.2, 0.25) is 0 Å². The van der Waals surface area contributed by atoms with Crippen LogP contribution in [0.15, 0.2) is 0 Å². The molecule has 0 N–H and O–H groups in total. The van der Waals surface area contributed by atoms with E-state index in [1.165, 1.54) is 38.5 Å². The fourth-order valence-electron chi connectivity index (χ4n) is 4.55. The maximum atomic E-state index is 6.81. The van der Waals surface area contributed by atoms with Crippen LogP contribution in [0.3, 0.4) is 0 Å². The first-order valence-corrected chi connectivity index (χ1v) is 6.29. The minimum absolute atomic E-state index is 0.216. The predicted molar refractivity (Wildman–Crippen MR) is 55.9 cm³/mol. The van der Waals surface area contributed by atoms with Gasteiger partial charge in [-0.15, -0.1) is 11.6 Å². The van der Waals surface area contributed by atoms with Crippen LogP contribution in [0.25, 0.3) is 0 Å². The zero-order valence-electron chi connectivity index (χ0n) is 8.43. The summed E-state index contributed by atoms with van der Waals surface area (Å²) in [5.41, 5.74) is 0. The largest absolute Gasteiger partial charge is 0.119 e. The van der Waals surface area contributed by atoms with Gasteiger partial charge in [-0.3, -0.25) is 0 Å². The van der Waals surface area contributed by atoms with E-state index in [0.29, 0.717) is 0 Å². The van der Waals surface area contributed by atoms with Crippen molar-refractivity contribution in [3.63, 3.8) is 0 Å². The van der Waals surface area contributed by atoms with E-state index in [0.717, 1.165) is 23.7 Å². The van der Waals surface area contributed by atoms with Crippen LogP contribution in [-0.2, 0) is 0 Å². The Morgan fingerprint density at radius 1 is 1.00 bits per heavy atom. The molecule has 0 heterocycles. The molecule has 4 aliphatic rings. The summed E-state index contributed by atoms with van der Waals surface area (Å²) in [6, 6.07) is 0. The van der Waals surface area contributed by atoms with Gasteiger partial charge in [0.25, 0.3) is 0 Å². The van der Waals surface area contributed by atoms with Crippen molar-refractivity contribution < 1.29 is 0 Å². The van der Waals surface area contributed by atoms with Crippen LogP contribution >= 0.6 is 11.6 Å². The number of hydrogen-bond acceptors (Lipinski definition) is 0. The summed E-state index contributed by atoms with van der Waals surface area (Å²) >= 11 is 6.81. The molecule has 4 saturated carbocycles. The summed E-state index contributed by atoms with van der Waals surface area (Å²) in [6.07, 6.45) is 8.52. The number of rotatable bonds is 1. The quantitative estimate of drug-likeness (QED) is 0.562. The molecule has 74 valence electrons. The van der Waals surface area contributed by atoms with Gasteiger partial charge in [0.05, 0.1) is 4.87 Å². The van der Waals surface area contributed by atoms with Gasteiger partial charge in [0.1, 0.15) is 0 Å². The average molecular weight is 199 g/mol. The molecule has 0 saturated heterocycles. The van der Waals surface area contributed by atoms with Crippen molar-refractivity contribution in [2.75, 3.05) is 0 Å². The summed E-state index contributed by atoms with van der Waals surface area (Å²) in [6.45, 7) is 2.29. The summed E-state index contributed by atoms with van der Waals surface area (Å²) < 4.78 is 0. The second-order valence-corrected chi connectivity index (χ2v) is 6.29. The van der Waals surface area contributed by atoms with E-state index in [4.69, 9.17) is 11.6 Å². The Morgan fingerprint density at radius 2 is 1.46 bits per heavy atom. The van der Waals surface area contributed by atoms with Crippen molar-refractivity contribution in [1.29, 1.82) is 0 Å². The molecule has 4 rings (SSSR count). The van der Waals surface area contributed by atoms with Gasteiger partial charge in [-0.2, -0.15) is 0 Å². The molecule has 0 spiro atoms. The highest BCUT2D eigenvalue weighted by Gasteiger charge is 2.55. The van der Waals surface area contributed by atoms with E-state index in [1.54, 1.807) is 0 Å². The fraction of sp³-hybridized carbons (Fsp3) is 1.00. The van der Waals surface area contributed by atoms with Gasteiger partial charge < -0.3 is 0 Å². The lowest BCUT2D eigenvalue weighted by atomic mass is 9.51. The average Bonchev–Trinajstić information content (AvgIpc) is 2.13. The lowest BCUT2D eigenvalue weighted by Gasteiger charge is -2.58. The first-order chi connectivity index (χ1) is 6.22. The van der Waals surface area contributed by atoms with Crippen molar-refractivity contribution in [3.05, 3.63) is 0 Å². The molecule has 0 amide bonds. The lowest BCUT2D eigenvalue weighted by molar-refractivity contribution is -0.0215.